The fraction of sp³-hybridized carbons (Fsp3) is 0.733. The molecule has 1 rings (SSSR count). The van der Waals surface area contributed by atoms with E-state index in [-0.39, 0.29) is 16.2 Å². The highest BCUT2D eigenvalue weighted by molar-refractivity contribution is 7.80. The van der Waals surface area contributed by atoms with E-state index in [4.69, 9.17) is 0 Å². The lowest BCUT2D eigenvalue weighted by molar-refractivity contribution is 0.0113. The van der Waals surface area contributed by atoms with Gasteiger partial charge in [-0.2, -0.15) is 12.6 Å². The smallest absolute Gasteiger partial charge is 0.0861 e. The first kappa shape index (κ1) is 14.8. The Morgan fingerprint density at radius 1 is 1.24 bits per heavy atom. The highest BCUT2D eigenvalue weighted by Crippen LogP contribution is 2.50. The first-order chi connectivity index (χ1) is 7.56. The molecule has 0 saturated heterocycles. The third-order valence-corrected chi connectivity index (χ3v) is 4.50. The second kappa shape index (κ2) is 4.47. The average Bonchev–Trinajstić information content (AvgIpc) is 2.14. The number of thiol groups is 1. The summed E-state index contributed by atoms with van der Waals surface area (Å²) in [5.41, 5.74) is 0.788. The summed E-state index contributed by atoms with van der Waals surface area (Å²) in [5, 5.41) is 10.8. The van der Waals surface area contributed by atoms with Crippen LogP contribution in [-0.4, -0.2) is 17.0 Å². The van der Waals surface area contributed by atoms with Gasteiger partial charge >= 0.3 is 0 Å². The largest absolute Gasteiger partial charge is 0.388 e. The Morgan fingerprint density at radius 2 is 1.76 bits per heavy atom. The van der Waals surface area contributed by atoms with Gasteiger partial charge in [-0.05, 0) is 16.4 Å². The van der Waals surface area contributed by atoms with Gasteiger partial charge in [-0.3, -0.25) is 0 Å². The van der Waals surface area contributed by atoms with Crippen molar-refractivity contribution in [2.45, 2.75) is 47.6 Å². The first-order valence-electron chi connectivity index (χ1n) is 6.25. The SMILES string of the molecule is CC(C)(C)C1=CC=CC(CS)(C(C)(C)C)C1O. The Kier molecular flexibility index (Phi) is 3.91. The minimum atomic E-state index is -0.454. The maximum atomic E-state index is 10.8. The highest BCUT2D eigenvalue weighted by atomic mass is 32.1. The number of rotatable bonds is 1. The summed E-state index contributed by atoms with van der Waals surface area (Å²) in [6.07, 6.45) is 5.80. The van der Waals surface area contributed by atoms with Crippen molar-refractivity contribution in [2.75, 3.05) is 5.75 Å². The molecule has 2 atom stereocenters. The Bertz CT molecular complexity index is 341. The molecule has 2 heteroatoms. The van der Waals surface area contributed by atoms with Crippen molar-refractivity contribution in [3.8, 4) is 0 Å². The molecule has 0 aromatic heterocycles. The van der Waals surface area contributed by atoms with Crippen molar-refractivity contribution < 1.29 is 5.11 Å². The van der Waals surface area contributed by atoms with Gasteiger partial charge in [-0.1, -0.05) is 59.8 Å². The van der Waals surface area contributed by atoms with Crippen LogP contribution in [0.4, 0.5) is 0 Å². The summed E-state index contributed by atoms with van der Waals surface area (Å²) in [6.45, 7) is 12.9. The molecule has 1 aliphatic rings. The summed E-state index contributed by atoms with van der Waals surface area (Å²) < 4.78 is 0. The molecule has 98 valence electrons. The summed E-state index contributed by atoms with van der Waals surface area (Å²) in [5.74, 6) is 0.654. The van der Waals surface area contributed by atoms with Gasteiger partial charge in [0, 0.05) is 11.2 Å². The quantitative estimate of drug-likeness (QED) is 0.681. The van der Waals surface area contributed by atoms with Crippen LogP contribution in [0.15, 0.2) is 23.8 Å². The van der Waals surface area contributed by atoms with E-state index in [1.807, 2.05) is 0 Å². The minimum absolute atomic E-state index is 0.0103. The molecule has 1 aliphatic carbocycles. The van der Waals surface area contributed by atoms with E-state index in [0.717, 1.165) is 5.57 Å². The summed E-state index contributed by atoms with van der Waals surface area (Å²) in [4.78, 5) is 0. The molecule has 0 aromatic carbocycles. The Hall–Kier alpha value is -0.210. The summed E-state index contributed by atoms with van der Waals surface area (Å²) in [7, 11) is 0. The van der Waals surface area contributed by atoms with Crippen LogP contribution in [0, 0.1) is 16.2 Å². The van der Waals surface area contributed by atoms with Gasteiger partial charge in [0.2, 0.25) is 0 Å². The van der Waals surface area contributed by atoms with Crippen LogP contribution in [0.5, 0.6) is 0 Å². The second-order valence-electron chi connectivity index (χ2n) is 7.08. The van der Waals surface area contributed by atoms with Crippen molar-refractivity contribution >= 4 is 12.6 Å². The lowest BCUT2D eigenvalue weighted by Gasteiger charge is -2.49. The fourth-order valence-electron chi connectivity index (χ4n) is 2.48. The zero-order chi connectivity index (χ0) is 13.5. The lowest BCUT2D eigenvalue weighted by Crippen LogP contribution is -2.49. The molecular weight excluding hydrogens is 228 g/mol. The van der Waals surface area contributed by atoms with Crippen LogP contribution in [0.1, 0.15) is 41.5 Å². The van der Waals surface area contributed by atoms with Crippen molar-refractivity contribution in [1.29, 1.82) is 0 Å². The van der Waals surface area contributed by atoms with Gasteiger partial charge < -0.3 is 5.11 Å². The summed E-state index contributed by atoms with van der Waals surface area (Å²) in [6, 6.07) is 0. The average molecular weight is 254 g/mol. The molecule has 2 unspecified atom stereocenters. The number of allylic oxidation sites excluding steroid dienone is 2. The third kappa shape index (κ3) is 2.48. The van der Waals surface area contributed by atoms with Crippen LogP contribution in [0.3, 0.4) is 0 Å². The zero-order valence-electron chi connectivity index (χ0n) is 11.9. The topological polar surface area (TPSA) is 20.2 Å². The molecule has 0 heterocycles. The van der Waals surface area contributed by atoms with E-state index < -0.39 is 6.10 Å². The summed E-state index contributed by atoms with van der Waals surface area (Å²) >= 11 is 4.50. The van der Waals surface area contributed by atoms with E-state index in [0.29, 0.717) is 5.75 Å². The predicted molar refractivity (Wildman–Crippen MR) is 78.4 cm³/mol. The zero-order valence-corrected chi connectivity index (χ0v) is 12.8. The number of aliphatic hydroxyl groups excluding tert-OH is 1. The van der Waals surface area contributed by atoms with Crippen molar-refractivity contribution in [1.82, 2.24) is 0 Å². The lowest BCUT2D eigenvalue weighted by atomic mass is 9.59. The minimum Gasteiger partial charge on any atom is -0.388 e. The molecule has 0 radical (unpaired) electrons. The second-order valence-corrected chi connectivity index (χ2v) is 7.40. The molecule has 0 bridgehead atoms. The first-order valence-corrected chi connectivity index (χ1v) is 6.88. The predicted octanol–water partition coefficient (Wildman–Crippen LogP) is 3.85. The van der Waals surface area contributed by atoms with Gasteiger partial charge in [0.05, 0.1) is 6.10 Å². The maximum absolute atomic E-state index is 10.8. The molecular formula is C15H26OS. The molecule has 0 spiro atoms. The fourth-order valence-corrected chi connectivity index (χ4v) is 3.23. The van der Waals surface area contributed by atoms with E-state index in [9.17, 15) is 5.11 Å². The molecule has 0 aliphatic heterocycles. The van der Waals surface area contributed by atoms with Crippen molar-refractivity contribution in [3.05, 3.63) is 23.8 Å². The molecule has 1 N–H and O–H groups in total. The normalized spacial score (nSPS) is 30.4. The molecule has 0 aromatic rings. The number of aliphatic hydroxyl groups is 1. The van der Waals surface area contributed by atoms with Gasteiger partial charge in [0.15, 0.2) is 0 Å². The van der Waals surface area contributed by atoms with Crippen LogP contribution in [0.25, 0.3) is 0 Å². The van der Waals surface area contributed by atoms with Crippen LogP contribution >= 0.6 is 12.6 Å². The van der Waals surface area contributed by atoms with Gasteiger partial charge in [0.1, 0.15) is 0 Å². The van der Waals surface area contributed by atoms with Crippen molar-refractivity contribution in [2.24, 2.45) is 16.2 Å². The van der Waals surface area contributed by atoms with E-state index in [1.54, 1.807) is 0 Å². The highest BCUT2D eigenvalue weighted by Gasteiger charge is 2.48. The number of hydrogen-bond acceptors (Lipinski definition) is 2. The van der Waals surface area contributed by atoms with Crippen LogP contribution < -0.4 is 0 Å². The molecule has 0 fully saturated rings. The Morgan fingerprint density at radius 3 is 2.12 bits per heavy atom. The molecule has 0 amide bonds. The van der Waals surface area contributed by atoms with Crippen LogP contribution in [0.2, 0.25) is 0 Å². The monoisotopic (exact) mass is 254 g/mol. The van der Waals surface area contributed by atoms with E-state index >= 15 is 0 Å². The molecule has 0 saturated carbocycles. The Labute approximate surface area is 111 Å². The molecule has 1 nitrogen and oxygen atoms in total. The van der Waals surface area contributed by atoms with Gasteiger partial charge in [-0.15, -0.1) is 0 Å². The van der Waals surface area contributed by atoms with E-state index in [2.05, 4.69) is 72.4 Å². The maximum Gasteiger partial charge on any atom is 0.0861 e. The van der Waals surface area contributed by atoms with Crippen LogP contribution in [-0.2, 0) is 0 Å². The van der Waals surface area contributed by atoms with Crippen molar-refractivity contribution in [3.63, 3.8) is 0 Å². The molecule has 17 heavy (non-hydrogen) atoms. The number of hydrogen-bond donors (Lipinski definition) is 2. The standard InChI is InChI=1S/C15H26OS/c1-13(2,3)11-8-7-9-15(10-17,12(11)16)14(4,5)6/h7-9,12,16-17H,10H2,1-6H3. The van der Waals surface area contributed by atoms with Gasteiger partial charge in [-0.25, -0.2) is 0 Å². The van der Waals surface area contributed by atoms with E-state index in [1.165, 1.54) is 0 Å². The van der Waals surface area contributed by atoms with Gasteiger partial charge in [0.25, 0.3) is 0 Å². The Balaban J connectivity index is 3.25. The third-order valence-electron chi connectivity index (χ3n) is 3.98.